The molecule has 1 unspecified atom stereocenters. The normalized spacial score (nSPS) is 19.8. The van der Waals surface area contributed by atoms with E-state index in [0.29, 0.717) is 18.0 Å². The van der Waals surface area contributed by atoms with Gasteiger partial charge in [0.05, 0.1) is 4.92 Å². The SMILES string of the molecule is O=[N+]([O-])c1cccc(CN2CCC(CCO)C2)c1F. The lowest BCUT2D eigenvalue weighted by molar-refractivity contribution is -0.387. The number of nitrogens with zero attached hydrogens (tertiary/aromatic N) is 2. The fraction of sp³-hybridized carbons (Fsp3) is 0.538. The molecule has 1 atom stereocenters. The third-order valence-corrected chi connectivity index (χ3v) is 3.56. The van der Waals surface area contributed by atoms with Gasteiger partial charge in [-0.2, -0.15) is 4.39 Å². The predicted molar refractivity (Wildman–Crippen MR) is 68.1 cm³/mol. The third-order valence-electron chi connectivity index (χ3n) is 3.56. The molecule has 1 N–H and O–H groups in total. The number of aliphatic hydroxyl groups is 1. The summed E-state index contributed by atoms with van der Waals surface area (Å²) < 4.78 is 13.9. The van der Waals surface area contributed by atoms with E-state index in [9.17, 15) is 14.5 Å². The van der Waals surface area contributed by atoms with Gasteiger partial charge in [-0.15, -0.1) is 0 Å². The minimum Gasteiger partial charge on any atom is -0.396 e. The van der Waals surface area contributed by atoms with E-state index in [2.05, 4.69) is 4.90 Å². The van der Waals surface area contributed by atoms with Crippen LogP contribution in [-0.2, 0) is 6.54 Å². The van der Waals surface area contributed by atoms with Crippen LogP contribution in [0, 0.1) is 21.8 Å². The van der Waals surface area contributed by atoms with E-state index in [1.807, 2.05) is 0 Å². The van der Waals surface area contributed by atoms with Gasteiger partial charge < -0.3 is 5.11 Å². The van der Waals surface area contributed by atoms with Crippen molar-refractivity contribution in [3.05, 3.63) is 39.7 Å². The summed E-state index contributed by atoms with van der Waals surface area (Å²) in [5, 5.41) is 19.6. The van der Waals surface area contributed by atoms with Crippen LogP contribution < -0.4 is 0 Å². The van der Waals surface area contributed by atoms with Gasteiger partial charge in [0.2, 0.25) is 5.82 Å². The average molecular weight is 268 g/mol. The highest BCUT2D eigenvalue weighted by Crippen LogP contribution is 2.25. The van der Waals surface area contributed by atoms with Crippen molar-refractivity contribution in [1.29, 1.82) is 0 Å². The van der Waals surface area contributed by atoms with E-state index in [1.54, 1.807) is 6.07 Å². The van der Waals surface area contributed by atoms with Gasteiger partial charge in [0, 0.05) is 31.3 Å². The van der Waals surface area contributed by atoms with Crippen molar-refractivity contribution in [2.45, 2.75) is 19.4 Å². The molecule has 0 saturated carbocycles. The Balaban J connectivity index is 2.04. The first-order chi connectivity index (χ1) is 9.11. The number of nitro groups is 1. The van der Waals surface area contributed by atoms with Gasteiger partial charge in [-0.3, -0.25) is 15.0 Å². The largest absolute Gasteiger partial charge is 0.396 e. The maximum Gasteiger partial charge on any atom is 0.305 e. The Morgan fingerprint density at radius 3 is 3.00 bits per heavy atom. The Morgan fingerprint density at radius 1 is 1.53 bits per heavy atom. The summed E-state index contributed by atoms with van der Waals surface area (Å²) in [7, 11) is 0. The summed E-state index contributed by atoms with van der Waals surface area (Å²) in [4.78, 5) is 12.0. The molecule has 1 heterocycles. The van der Waals surface area contributed by atoms with E-state index in [1.165, 1.54) is 12.1 Å². The van der Waals surface area contributed by atoms with Crippen molar-refractivity contribution in [2.24, 2.45) is 5.92 Å². The van der Waals surface area contributed by atoms with Crippen LogP contribution in [-0.4, -0.2) is 34.6 Å². The fourth-order valence-corrected chi connectivity index (χ4v) is 2.54. The average Bonchev–Trinajstić information content (AvgIpc) is 2.79. The van der Waals surface area contributed by atoms with Crippen LogP contribution in [0.25, 0.3) is 0 Å². The summed E-state index contributed by atoms with van der Waals surface area (Å²) in [5.74, 6) is -0.301. The lowest BCUT2D eigenvalue weighted by Crippen LogP contribution is -2.21. The number of likely N-dealkylation sites (tertiary alicyclic amines) is 1. The van der Waals surface area contributed by atoms with Gasteiger partial charge in [-0.1, -0.05) is 12.1 Å². The summed E-state index contributed by atoms with van der Waals surface area (Å²) >= 11 is 0. The Morgan fingerprint density at radius 2 is 2.32 bits per heavy atom. The molecule has 0 bridgehead atoms. The number of hydrogen-bond acceptors (Lipinski definition) is 4. The first-order valence-electron chi connectivity index (χ1n) is 6.36. The molecule has 0 aliphatic carbocycles. The van der Waals surface area contributed by atoms with Crippen molar-refractivity contribution < 1.29 is 14.4 Å². The first kappa shape index (κ1) is 13.9. The second kappa shape index (κ2) is 6.08. The van der Waals surface area contributed by atoms with Crippen LogP contribution in [0.15, 0.2) is 18.2 Å². The van der Waals surface area contributed by atoms with Crippen LogP contribution in [0.5, 0.6) is 0 Å². The maximum atomic E-state index is 13.9. The van der Waals surface area contributed by atoms with Crippen LogP contribution in [0.1, 0.15) is 18.4 Å². The van der Waals surface area contributed by atoms with Gasteiger partial charge in [0.15, 0.2) is 0 Å². The molecule has 0 radical (unpaired) electrons. The molecule has 0 aromatic heterocycles. The van der Waals surface area contributed by atoms with E-state index in [-0.39, 0.29) is 6.61 Å². The van der Waals surface area contributed by atoms with Crippen molar-refractivity contribution >= 4 is 5.69 Å². The molecule has 1 aliphatic rings. The van der Waals surface area contributed by atoms with E-state index < -0.39 is 16.4 Å². The smallest absolute Gasteiger partial charge is 0.305 e. The van der Waals surface area contributed by atoms with E-state index >= 15 is 0 Å². The van der Waals surface area contributed by atoms with Crippen LogP contribution >= 0.6 is 0 Å². The second-order valence-electron chi connectivity index (χ2n) is 4.91. The standard InChI is InChI=1S/C13H17FN2O3/c14-13-11(2-1-3-12(13)16(18)19)9-15-6-4-10(8-15)5-7-17/h1-3,10,17H,4-9H2. The van der Waals surface area contributed by atoms with Crippen LogP contribution in [0.2, 0.25) is 0 Å². The van der Waals surface area contributed by atoms with Crippen molar-refractivity contribution in [1.82, 2.24) is 4.90 Å². The maximum absolute atomic E-state index is 13.9. The number of rotatable bonds is 5. The number of benzene rings is 1. The second-order valence-corrected chi connectivity index (χ2v) is 4.91. The highest BCUT2D eigenvalue weighted by Gasteiger charge is 2.24. The highest BCUT2D eigenvalue weighted by molar-refractivity contribution is 5.36. The molecule has 1 fully saturated rings. The number of halogens is 1. The molecular weight excluding hydrogens is 251 g/mol. The summed E-state index contributed by atoms with van der Waals surface area (Å²) in [5.41, 5.74) is -0.109. The summed E-state index contributed by atoms with van der Waals surface area (Å²) in [6, 6.07) is 4.27. The van der Waals surface area contributed by atoms with Crippen molar-refractivity contribution in [3.8, 4) is 0 Å². The minimum absolute atomic E-state index is 0.170. The quantitative estimate of drug-likeness (QED) is 0.654. The topological polar surface area (TPSA) is 66.6 Å². The zero-order valence-electron chi connectivity index (χ0n) is 10.6. The molecule has 0 spiro atoms. The molecule has 104 valence electrons. The molecule has 19 heavy (non-hydrogen) atoms. The molecule has 1 aliphatic heterocycles. The molecule has 1 aromatic rings. The lowest BCUT2D eigenvalue weighted by Gasteiger charge is -2.16. The Labute approximate surface area is 110 Å². The first-order valence-corrected chi connectivity index (χ1v) is 6.36. The zero-order valence-corrected chi connectivity index (χ0v) is 10.6. The molecule has 1 aromatic carbocycles. The minimum atomic E-state index is -0.738. The molecule has 1 saturated heterocycles. The Bertz CT molecular complexity index is 467. The van der Waals surface area contributed by atoms with E-state index in [0.717, 1.165) is 25.9 Å². The highest BCUT2D eigenvalue weighted by atomic mass is 19.1. The third kappa shape index (κ3) is 3.27. The summed E-state index contributed by atoms with van der Waals surface area (Å²) in [6.07, 6.45) is 1.74. The molecular formula is C13H17FN2O3. The van der Waals surface area contributed by atoms with Crippen molar-refractivity contribution in [3.63, 3.8) is 0 Å². The fourth-order valence-electron chi connectivity index (χ4n) is 2.54. The molecule has 6 heteroatoms. The Kier molecular flexibility index (Phi) is 4.44. The van der Waals surface area contributed by atoms with Crippen molar-refractivity contribution in [2.75, 3.05) is 19.7 Å². The van der Waals surface area contributed by atoms with Gasteiger partial charge in [-0.25, -0.2) is 0 Å². The van der Waals surface area contributed by atoms with Crippen LogP contribution in [0.4, 0.5) is 10.1 Å². The van der Waals surface area contributed by atoms with Gasteiger partial charge in [0.25, 0.3) is 0 Å². The molecule has 5 nitrogen and oxygen atoms in total. The zero-order chi connectivity index (χ0) is 13.8. The lowest BCUT2D eigenvalue weighted by atomic mass is 10.1. The number of hydrogen-bond donors (Lipinski definition) is 1. The molecule has 0 amide bonds. The number of nitro benzene ring substituents is 1. The van der Waals surface area contributed by atoms with Crippen LogP contribution in [0.3, 0.4) is 0 Å². The summed E-state index contributed by atoms with van der Waals surface area (Å²) in [6.45, 7) is 2.20. The predicted octanol–water partition coefficient (Wildman–Crippen LogP) is 1.94. The number of aliphatic hydroxyl groups excluding tert-OH is 1. The van der Waals surface area contributed by atoms with Gasteiger partial charge in [0.1, 0.15) is 0 Å². The van der Waals surface area contributed by atoms with Gasteiger partial charge in [-0.05, 0) is 25.3 Å². The Hall–Kier alpha value is -1.53. The molecule has 2 rings (SSSR count). The van der Waals surface area contributed by atoms with E-state index in [4.69, 9.17) is 5.11 Å². The monoisotopic (exact) mass is 268 g/mol. The van der Waals surface area contributed by atoms with Gasteiger partial charge >= 0.3 is 5.69 Å².